The maximum absolute atomic E-state index is 10.8. The zero-order chi connectivity index (χ0) is 9.26. The first-order valence-electron chi connectivity index (χ1n) is 3.71. The van der Waals surface area contributed by atoms with Crippen molar-refractivity contribution in [3.63, 3.8) is 0 Å². The zero-order valence-corrected chi connectivity index (χ0v) is 7.45. The molecule has 1 unspecified atom stereocenters. The lowest BCUT2D eigenvalue weighted by Gasteiger charge is -2.07. The van der Waals surface area contributed by atoms with E-state index < -0.39 is 11.1 Å². The lowest BCUT2D eigenvalue weighted by Crippen LogP contribution is -1.90. The van der Waals surface area contributed by atoms with Crippen LogP contribution >= 0.6 is 0 Å². The minimum Gasteiger partial charge on any atom is -0.768 e. The minimum atomic E-state index is -2.18. The molecule has 0 N–H and O–H groups in total. The average molecular weight is 192 g/mol. The summed E-state index contributed by atoms with van der Waals surface area (Å²) in [6, 6.07) is 6.81. The molecule has 0 aliphatic carbocycles. The number of hydrogen-bond donors (Lipinski definition) is 0. The first-order chi connectivity index (χ1) is 6.29. The fourth-order valence-corrected chi connectivity index (χ4v) is 1.79. The highest BCUT2D eigenvalue weighted by Crippen LogP contribution is 2.19. The molecule has 2 rings (SSSR count). The second-order valence-electron chi connectivity index (χ2n) is 2.59. The molecule has 0 amide bonds. The van der Waals surface area contributed by atoms with Crippen LogP contribution in [-0.4, -0.2) is 13.7 Å². The largest absolute Gasteiger partial charge is 0.768 e. The van der Waals surface area contributed by atoms with Gasteiger partial charge in [-0.05, 0) is 28.6 Å². The summed E-state index contributed by atoms with van der Waals surface area (Å²) in [6.45, 7) is 0. The Hall–Kier alpha value is -1.26. The predicted octanol–water partition coefficient (Wildman–Crippen LogP) is 1.47. The molecule has 0 aliphatic rings. The first kappa shape index (κ1) is 8.34. The monoisotopic (exact) mass is 192 g/mol. The highest BCUT2D eigenvalue weighted by molar-refractivity contribution is 7.79. The molecule has 0 bridgehead atoms. The SMILES string of the molecule is O=S([O-])c1cccc2cnccc12. The van der Waals surface area contributed by atoms with Crippen LogP contribution in [0.1, 0.15) is 0 Å². The summed E-state index contributed by atoms with van der Waals surface area (Å²) in [6.07, 6.45) is 3.23. The lowest BCUT2D eigenvalue weighted by molar-refractivity contribution is 0.538. The molecule has 1 aromatic heterocycles. The summed E-state index contributed by atoms with van der Waals surface area (Å²) in [5, 5.41) is 1.55. The van der Waals surface area contributed by atoms with Crippen LogP contribution in [0, 0.1) is 0 Å². The fourth-order valence-electron chi connectivity index (χ4n) is 1.24. The Kier molecular flexibility index (Phi) is 2.08. The molecule has 0 spiro atoms. The van der Waals surface area contributed by atoms with Crippen molar-refractivity contribution >= 4 is 21.9 Å². The number of rotatable bonds is 1. The normalized spacial score (nSPS) is 13.0. The van der Waals surface area contributed by atoms with Gasteiger partial charge in [0, 0.05) is 22.7 Å². The smallest absolute Gasteiger partial charge is 0.0346 e. The summed E-state index contributed by atoms with van der Waals surface area (Å²) in [5.74, 6) is 0. The minimum absolute atomic E-state index is 0.319. The van der Waals surface area contributed by atoms with Gasteiger partial charge in [0.15, 0.2) is 0 Å². The maximum Gasteiger partial charge on any atom is 0.0346 e. The number of fused-ring (bicyclic) bond motifs is 1. The number of benzene rings is 1. The van der Waals surface area contributed by atoms with E-state index in [2.05, 4.69) is 4.98 Å². The Balaban J connectivity index is 2.83. The summed E-state index contributed by atoms with van der Waals surface area (Å²) >= 11 is -2.18. The Morgan fingerprint density at radius 1 is 1.31 bits per heavy atom. The van der Waals surface area contributed by atoms with Crippen molar-refractivity contribution in [1.82, 2.24) is 4.98 Å². The van der Waals surface area contributed by atoms with E-state index >= 15 is 0 Å². The molecular formula is C9H6NO2S-. The second kappa shape index (κ2) is 3.24. The second-order valence-corrected chi connectivity index (χ2v) is 3.50. The maximum atomic E-state index is 10.8. The Bertz CT molecular complexity index is 465. The van der Waals surface area contributed by atoms with Gasteiger partial charge in [-0.2, -0.15) is 0 Å². The van der Waals surface area contributed by atoms with Crippen LogP contribution in [0.3, 0.4) is 0 Å². The third kappa shape index (κ3) is 1.46. The van der Waals surface area contributed by atoms with Gasteiger partial charge in [0.25, 0.3) is 0 Å². The number of aromatic nitrogens is 1. The highest BCUT2D eigenvalue weighted by Gasteiger charge is 1.99. The lowest BCUT2D eigenvalue weighted by atomic mass is 10.2. The van der Waals surface area contributed by atoms with Crippen molar-refractivity contribution in [2.45, 2.75) is 4.90 Å². The van der Waals surface area contributed by atoms with E-state index in [-0.39, 0.29) is 0 Å². The van der Waals surface area contributed by atoms with E-state index in [0.717, 1.165) is 5.39 Å². The molecule has 3 nitrogen and oxygen atoms in total. The topological polar surface area (TPSA) is 53.0 Å². The van der Waals surface area contributed by atoms with Gasteiger partial charge in [0.1, 0.15) is 0 Å². The van der Waals surface area contributed by atoms with Gasteiger partial charge in [-0.1, -0.05) is 12.1 Å². The van der Waals surface area contributed by atoms with E-state index in [4.69, 9.17) is 0 Å². The fraction of sp³-hybridized carbons (Fsp3) is 0. The highest BCUT2D eigenvalue weighted by atomic mass is 32.2. The summed E-state index contributed by atoms with van der Waals surface area (Å²) in [5.41, 5.74) is 0. The standard InChI is InChI=1S/C9H7NO2S/c11-13(12)9-3-1-2-7-6-10-5-4-8(7)9/h1-6H,(H,11,12)/p-1. The van der Waals surface area contributed by atoms with E-state index in [1.165, 1.54) is 0 Å². The summed E-state index contributed by atoms with van der Waals surface area (Å²) in [7, 11) is 0. The van der Waals surface area contributed by atoms with Gasteiger partial charge in [0.2, 0.25) is 0 Å². The Labute approximate surface area is 77.7 Å². The molecular weight excluding hydrogens is 186 g/mol. The van der Waals surface area contributed by atoms with Crippen molar-refractivity contribution in [2.24, 2.45) is 0 Å². The number of hydrogen-bond acceptors (Lipinski definition) is 3. The number of pyridine rings is 1. The molecule has 0 saturated carbocycles. The van der Waals surface area contributed by atoms with Crippen molar-refractivity contribution in [1.29, 1.82) is 0 Å². The molecule has 0 radical (unpaired) electrons. The first-order valence-corrected chi connectivity index (χ1v) is 4.78. The summed E-state index contributed by atoms with van der Waals surface area (Å²) < 4.78 is 21.6. The third-order valence-corrected chi connectivity index (χ3v) is 2.54. The zero-order valence-electron chi connectivity index (χ0n) is 6.64. The van der Waals surface area contributed by atoms with E-state index in [9.17, 15) is 8.76 Å². The van der Waals surface area contributed by atoms with Gasteiger partial charge in [-0.3, -0.25) is 9.19 Å². The van der Waals surface area contributed by atoms with Gasteiger partial charge in [0.05, 0.1) is 0 Å². The molecule has 0 aliphatic heterocycles. The molecule has 1 aromatic carbocycles. The van der Waals surface area contributed by atoms with Crippen LogP contribution in [0.2, 0.25) is 0 Å². The molecule has 2 aromatic rings. The molecule has 66 valence electrons. The van der Waals surface area contributed by atoms with Crippen LogP contribution < -0.4 is 0 Å². The van der Waals surface area contributed by atoms with E-state index in [0.29, 0.717) is 10.3 Å². The molecule has 0 fully saturated rings. The van der Waals surface area contributed by atoms with Gasteiger partial charge >= 0.3 is 0 Å². The molecule has 0 saturated heterocycles. The van der Waals surface area contributed by atoms with E-state index in [1.807, 2.05) is 6.07 Å². The molecule has 13 heavy (non-hydrogen) atoms. The van der Waals surface area contributed by atoms with Crippen LogP contribution in [0.25, 0.3) is 10.8 Å². The quantitative estimate of drug-likeness (QED) is 0.643. The third-order valence-electron chi connectivity index (χ3n) is 1.82. The van der Waals surface area contributed by atoms with Crippen molar-refractivity contribution in [3.8, 4) is 0 Å². The number of nitrogens with zero attached hydrogens (tertiary/aromatic N) is 1. The molecule has 1 atom stereocenters. The van der Waals surface area contributed by atoms with Crippen molar-refractivity contribution < 1.29 is 8.76 Å². The Morgan fingerprint density at radius 3 is 2.92 bits per heavy atom. The molecule has 4 heteroatoms. The van der Waals surface area contributed by atoms with Crippen LogP contribution in [0.4, 0.5) is 0 Å². The van der Waals surface area contributed by atoms with Crippen LogP contribution in [0.15, 0.2) is 41.6 Å². The van der Waals surface area contributed by atoms with E-state index in [1.54, 1.807) is 30.6 Å². The van der Waals surface area contributed by atoms with Gasteiger partial charge < -0.3 is 4.55 Å². The van der Waals surface area contributed by atoms with Crippen molar-refractivity contribution in [2.75, 3.05) is 0 Å². The molecule has 1 heterocycles. The van der Waals surface area contributed by atoms with Crippen LogP contribution in [0.5, 0.6) is 0 Å². The average Bonchev–Trinajstić information content (AvgIpc) is 2.17. The Morgan fingerprint density at radius 2 is 2.15 bits per heavy atom. The van der Waals surface area contributed by atoms with Crippen LogP contribution in [-0.2, 0) is 11.1 Å². The van der Waals surface area contributed by atoms with Crippen molar-refractivity contribution in [3.05, 3.63) is 36.7 Å². The van der Waals surface area contributed by atoms with Gasteiger partial charge in [-0.25, -0.2) is 0 Å². The van der Waals surface area contributed by atoms with Gasteiger partial charge in [-0.15, -0.1) is 0 Å². The summed E-state index contributed by atoms with van der Waals surface area (Å²) in [4.78, 5) is 4.23. The predicted molar refractivity (Wildman–Crippen MR) is 48.9 cm³/mol.